The van der Waals surface area contributed by atoms with E-state index in [9.17, 15) is 19.5 Å². The fourth-order valence-electron chi connectivity index (χ4n) is 5.39. The summed E-state index contributed by atoms with van der Waals surface area (Å²) in [6, 6.07) is 6.45. The Morgan fingerprint density at radius 3 is 2.38 bits per heavy atom. The quantitative estimate of drug-likeness (QED) is 0.638. The minimum absolute atomic E-state index is 0.0180. The predicted octanol–water partition coefficient (Wildman–Crippen LogP) is 3.33. The third kappa shape index (κ3) is 5.41. The highest BCUT2D eigenvalue weighted by Gasteiger charge is 2.50. The normalized spacial score (nSPS) is 25.4. The minimum atomic E-state index is -1.09. The lowest BCUT2D eigenvalue weighted by Crippen LogP contribution is -2.60. The summed E-state index contributed by atoms with van der Waals surface area (Å²) in [6.07, 6.45) is 2.29. The van der Waals surface area contributed by atoms with Gasteiger partial charge in [0.15, 0.2) is 0 Å². The highest BCUT2D eigenvalue weighted by atomic mass is 35.5. The lowest BCUT2D eigenvalue weighted by molar-refractivity contribution is -0.157. The van der Waals surface area contributed by atoms with Crippen LogP contribution in [0.15, 0.2) is 24.3 Å². The van der Waals surface area contributed by atoms with Crippen LogP contribution in [0.3, 0.4) is 0 Å². The molecule has 2 heterocycles. The predicted molar refractivity (Wildman–Crippen MR) is 132 cm³/mol. The number of aliphatic hydroxyl groups is 1. The van der Waals surface area contributed by atoms with Crippen LogP contribution in [-0.4, -0.2) is 64.3 Å². The largest absolute Gasteiger partial charge is 0.384 e. The first-order chi connectivity index (χ1) is 15.9. The first-order valence-electron chi connectivity index (χ1n) is 12.2. The number of hydrogen-bond donors (Lipinski definition) is 2. The maximum absolute atomic E-state index is 13.5. The molecule has 2 aliphatic heterocycles. The maximum atomic E-state index is 13.5. The van der Waals surface area contributed by atoms with Crippen LogP contribution in [0.4, 0.5) is 0 Å². The highest BCUT2D eigenvalue weighted by Crippen LogP contribution is 2.46. The third-order valence-corrected chi connectivity index (χ3v) is 7.79. The van der Waals surface area contributed by atoms with Gasteiger partial charge < -0.3 is 20.2 Å². The number of amides is 3. The van der Waals surface area contributed by atoms with Crippen molar-refractivity contribution in [1.29, 1.82) is 0 Å². The van der Waals surface area contributed by atoms with Crippen LogP contribution in [0, 0.1) is 11.3 Å². The van der Waals surface area contributed by atoms with Crippen molar-refractivity contribution in [3.05, 3.63) is 34.9 Å². The van der Waals surface area contributed by atoms with Crippen molar-refractivity contribution in [1.82, 2.24) is 15.1 Å². The molecule has 188 valence electrons. The minimum Gasteiger partial charge on any atom is -0.384 e. The zero-order valence-corrected chi connectivity index (χ0v) is 21.7. The number of carbonyl (C=O) groups is 3. The second-order valence-corrected chi connectivity index (χ2v) is 11.2. The molecule has 3 atom stereocenters. The standard InChI is InChI=1S/C26H38ClN3O4/c1-17(2)23(28-22(32)15-21-7-6-13-30(21)18(3)31)24(33)29-14-12-26(34,25(4,5)16-29)19-8-10-20(27)11-9-19/h8-11,17,21,23,34H,6-7,12-16H2,1-5H3,(H,28,32). The van der Waals surface area contributed by atoms with Gasteiger partial charge in [-0.3, -0.25) is 14.4 Å². The summed E-state index contributed by atoms with van der Waals surface area (Å²) in [4.78, 5) is 41.7. The summed E-state index contributed by atoms with van der Waals surface area (Å²) in [7, 11) is 0. The number of nitrogens with one attached hydrogen (secondary N) is 1. The first kappa shape index (κ1) is 26.5. The maximum Gasteiger partial charge on any atom is 0.245 e. The van der Waals surface area contributed by atoms with Gasteiger partial charge in [-0.05, 0) is 42.9 Å². The molecular weight excluding hydrogens is 454 g/mol. The number of rotatable bonds is 6. The number of hydrogen-bond acceptors (Lipinski definition) is 4. The lowest BCUT2D eigenvalue weighted by atomic mass is 9.66. The highest BCUT2D eigenvalue weighted by molar-refractivity contribution is 6.30. The zero-order chi connectivity index (χ0) is 25.3. The number of carbonyl (C=O) groups excluding carboxylic acids is 3. The molecule has 3 rings (SSSR count). The molecule has 0 spiro atoms. The summed E-state index contributed by atoms with van der Waals surface area (Å²) in [6.45, 7) is 10.7. The van der Waals surface area contributed by atoms with Crippen LogP contribution in [0.5, 0.6) is 0 Å². The smallest absolute Gasteiger partial charge is 0.245 e. The van der Waals surface area contributed by atoms with Gasteiger partial charge in [0.05, 0.1) is 5.60 Å². The number of nitrogens with zero attached hydrogens (tertiary/aromatic N) is 2. The molecule has 0 aromatic heterocycles. The molecule has 2 saturated heterocycles. The monoisotopic (exact) mass is 491 g/mol. The van der Waals surface area contributed by atoms with E-state index in [4.69, 9.17) is 11.6 Å². The van der Waals surface area contributed by atoms with Gasteiger partial charge in [0.25, 0.3) is 0 Å². The molecule has 1 aromatic carbocycles. The van der Waals surface area contributed by atoms with Gasteiger partial charge in [0.1, 0.15) is 6.04 Å². The van der Waals surface area contributed by atoms with Crippen LogP contribution in [-0.2, 0) is 20.0 Å². The molecular formula is C26H38ClN3O4. The SMILES string of the molecule is CC(=O)N1CCCC1CC(=O)NC(C(=O)N1CCC(O)(c2ccc(Cl)cc2)C(C)(C)C1)C(C)C. The molecule has 2 N–H and O–H groups in total. The van der Waals surface area contributed by atoms with Crippen LogP contribution in [0.2, 0.25) is 5.02 Å². The van der Waals surface area contributed by atoms with Gasteiger partial charge in [-0.2, -0.15) is 0 Å². The Morgan fingerprint density at radius 2 is 1.82 bits per heavy atom. The molecule has 0 saturated carbocycles. The van der Waals surface area contributed by atoms with E-state index in [0.29, 0.717) is 31.1 Å². The van der Waals surface area contributed by atoms with Gasteiger partial charge in [-0.1, -0.05) is 51.4 Å². The van der Waals surface area contributed by atoms with Crippen LogP contribution in [0.1, 0.15) is 65.9 Å². The molecule has 2 fully saturated rings. The number of benzene rings is 1. The van der Waals surface area contributed by atoms with Gasteiger partial charge in [0.2, 0.25) is 17.7 Å². The van der Waals surface area contributed by atoms with Gasteiger partial charge in [-0.15, -0.1) is 0 Å². The molecule has 3 amide bonds. The Balaban J connectivity index is 1.68. The van der Waals surface area contributed by atoms with Crippen LogP contribution < -0.4 is 5.32 Å². The molecule has 0 aliphatic carbocycles. The Bertz CT molecular complexity index is 917. The molecule has 0 radical (unpaired) electrons. The van der Waals surface area contributed by atoms with Crippen molar-refractivity contribution in [2.24, 2.45) is 11.3 Å². The fraction of sp³-hybridized carbons (Fsp3) is 0.654. The van der Waals surface area contributed by atoms with Gasteiger partial charge >= 0.3 is 0 Å². The summed E-state index contributed by atoms with van der Waals surface area (Å²) in [5, 5.41) is 15.1. The van der Waals surface area contributed by atoms with Crippen molar-refractivity contribution in [3.8, 4) is 0 Å². The molecule has 0 bridgehead atoms. The second-order valence-electron chi connectivity index (χ2n) is 10.8. The van der Waals surface area contributed by atoms with E-state index in [-0.39, 0.29) is 36.1 Å². The molecule has 2 aliphatic rings. The molecule has 3 unspecified atom stereocenters. The number of likely N-dealkylation sites (tertiary alicyclic amines) is 2. The third-order valence-electron chi connectivity index (χ3n) is 7.53. The fourth-order valence-corrected chi connectivity index (χ4v) is 5.52. The zero-order valence-electron chi connectivity index (χ0n) is 20.9. The Kier molecular flexibility index (Phi) is 7.98. The second kappa shape index (κ2) is 10.2. The summed E-state index contributed by atoms with van der Waals surface area (Å²) >= 11 is 6.03. The van der Waals surface area contributed by atoms with E-state index < -0.39 is 17.1 Å². The average Bonchev–Trinajstić information content (AvgIpc) is 3.22. The van der Waals surface area contributed by atoms with Crippen molar-refractivity contribution < 1.29 is 19.5 Å². The topological polar surface area (TPSA) is 90.0 Å². The number of piperidine rings is 1. The Morgan fingerprint density at radius 1 is 1.18 bits per heavy atom. The van der Waals surface area contributed by atoms with E-state index in [1.165, 1.54) is 6.92 Å². The van der Waals surface area contributed by atoms with Crippen LogP contribution in [0.25, 0.3) is 0 Å². The molecule has 8 heteroatoms. The van der Waals surface area contributed by atoms with E-state index in [2.05, 4.69) is 5.32 Å². The first-order valence-corrected chi connectivity index (χ1v) is 12.6. The van der Waals surface area contributed by atoms with E-state index in [0.717, 1.165) is 18.4 Å². The molecule has 7 nitrogen and oxygen atoms in total. The van der Waals surface area contributed by atoms with Crippen molar-refractivity contribution in [3.63, 3.8) is 0 Å². The average molecular weight is 492 g/mol. The number of halogens is 1. The Hall–Kier alpha value is -2.12. The summed E-state index contributed by atoms with van der Waals surface area (Å²) in [5.41, 5.74) is -0.912. The van der Waals surface area contributed by atoms with E-state index in [1.54, 1.807) is 21.9 Å². The molecule has 1 aromatic rings. The summed E-state index contributed by atoms with van der Waals surface area (Å²) in [5.74, 6) is -0.455. The van der Waals surface area contributed by atoms with Gasteiger partial charge in [-0.25, -0.2) is 0 Å². The Labute approximate surface area is 207 Å². The lowest BCUT2D eigenvalue weighted by Gasteiger charge is -2.51. The van der Waals surface area contributed by atoms with Crippen molar-refractivity contribution in [2.45, 2.75) is 78.0 Å². The molecule has 34 heavy (non-hydrogen) atoms. The van der Waals surface area contributed by atoms with Crippen molar-refractivity contribution in [2.75, 3.05) is 19.6 Å². The van der Waals surface area contributed by atoms with Gasteiger partial charge in [0, 0.05) is 49.5 Å². The van der Waals surface area contributed by atoms with E-state index in [1.807, 2.05) is 39.8 Å². The van der Waals surface area contributed by atoms with Crippen molar-refractivity contribution >= 4 is 29.3 Å². The van der Waals surface area contributed by atoms with E-state index >= 15 is 0 Å². The summed E-state index contributed by atoms with van der Waals surface area (Å²) < 4.78 is 0. The van der Waals surface area contributed by atoms with Crippen LogP contribution >= 0.6 is 11.6 Å².